The van der Waals surface area contributed by atoms with Crippen molar-refractivity contribution in [2.45, 2.75) is 19.4 Å². The van der Waals surface area contributed by atoms with Gasteiger partial charge in [-0.3, -0.25) is 4.90 Å². The van der Waals surface area contributed by atoms with Crippen molar-refractivity contribution < 1.29 is 5.11 Å². The van der Waals surface area contributed by atoms with Crippen LogP contribution >= 0.6 is 0 Å². The summed E-state index contributed by atoms with van der Waals surface area (Å²) < 4.78 is 0. The predicted molar refractivity (Wildman–Crippen MR) is 69.7 cm³/mol. The molecule has 2 bridgehead atoms. The first kappa shape index (κ1) is 11.0. The molecule has 90 valence electrons. The van der Waals surface area contributed by atoms with Crippen molar-refractivity contribution >= 4 is 5.57 Å². The largest absolute Gasteiger partial charge is 0.392 e. The average molecular weight is 229 g/mol. The highest BCUT2D eigenvalue weighted by Crippen LogP contribution is 2.34. The summed E-state index contributed by atoms with van der Waals surface area (Å²) in [6.45, 7) is 5.19. The summed E-state index contributed by atoms with van der Waals surface area (Å²) in [7, 11) is 0. The molecule has 2 nitrogen and oxygen atoms in total. The third kappa shape index (κ3) is 2.03. The van der Waals surface area contributed by atoms with E-state index in [4.69, 9.17) is 0 Å². The van der Waals surface area contributed by atoms with Gasteiger partial charge in [0.2, 0.25) is 0 Å². The standard InChI is InChI=1S/C15H19NO/c1-11-2-4-12(5-3-11)13-6-8-16-9-7-15(17)14(13)10-16/h2-6,14-15,17H,7-10H2,1H3/t14-,15-/m1/s1. The van der Waals surface area contributed by atoms with Gasteiger partial charge in [0.1, 0.15) is 0 Å². The van der Waals surface area contributed by atoms with Gasteiger partial charge in [-0.25, -0.2) is 0 Å². The van der Waals surface area contributed by atoms with Crippen LogP contribution in [-0.4, -0.2) is 35.7 Å². The van der Waals surface area contributed by atoms with E-state index in [1.165, 1.54) is 16.7 Å². The fourth-order valence-electron chi connectivity index (χ4n) is 2.94. The molecular formula is C15H19NO. The molecule has 1 aromatic carbocycles. The summed E-state index contributed by atoms with van der Waals surface area (Å²) in [6, 6.07) is 8.66. The van der Waals surface area contributed by atoms with Gasteiger partial charge in [0.25, 0.3) is 0 Å². The number of rotatable bonds is 1. The fourth-order valence-corrected chi connectivity index (χ4v) is 2.94. The van der Waals surface area contributed by atoms with Crippen molar-refractivity contribution in [1.29, 1.82) is 0 Å². The van der Waals surface area contributed by atoms with Gasteiger partial charge in [0.15, 0.2) is 0 Å². The molecule has 17 heavy (non-hydrogen) atoms. The van der Waals surface area contributed by atoms with E-state index in [2.05, 4.69) is 42.2 Å². The number of benzene rings is 1. The van der Waals surface area contributed by atoms with E-state index >= 15 is 0 Å². The number of hydrogen-bond acceptors (Lipinski definition) is 2. The van der Waals surface area contributed by atoms with Crippen LogP contribution in [0.2, 0.25) is 0 Å². The molecule has 2 heterocycles. The molecule has 1 aromatic rings. The molecule has 2 aliphatic heterocycles. The maximum atomic E-state index is 10.1. The Morgan fingerprint density at radius 2 is 2.00 bits per heavy atom. The minimum atomic E-state index is -0.167. The van der Waals surface area contributed by atoms with Crippen LogP contribution in [0.3, 0.4) is 0 Å². The molecule has 0 spiro atoms. The normalized spacial score (nSPS) is 32.1. The summed E-state index contributed by atoms with van der Waals surface area (Å²) in [5, 5.41) is 10.1. The number of hydrogen-bond donors (Lipinski definition) is 1. The predicted octanol–water partition coefficient (Wildman–Crippen LogP) is 2.07. The highest BCUT2D eigenvalue weighted by Gasteiger charge is 2.33. The van der Waals surface area contributed by atoms with Crippen LogP contribution in [0.4, 0.5) is 0 Å². The third-order valence-corrected chi connectivity index (χ3v) is 4.01. The Kier molecular flexibility index (Phi) is 2.77. The first-order valence-electron chi connectivity index (χ1n) is 6.41. The summed E-state index contributed by atoms with van der Waals surface area (Å²) in [5.41, 5.74) is 3.91. The highest BCUT2D eigenvalue weighted by atomic mass is 16.3. The first-order valence-corrected chi connectivity index (χ1v) is 6.41. The maximum absolute atomic E-state index is 10.1. The van der Waals surface area contributed by atoms with E-state index < -0.39 is 0 Å². The number of aryl methyl sites for hydroxylation is 1. The highest BCUT2D eigenvalue weighted by molar-refractivity contribution is 5.69. The molecule has 0 aromatic heterocycles. The SMILES string of the molecule is Cc1ccc(C2=CCN3CC[C@@H](O)[C@@H]2C3)cc1. The molecule has 2 aliphatic rings. The molecule has 1 N–H and O–H groups in total. The third-order valence-electron chi connectivity index (χ3n) is 4.01. The molecule has 0 aliphatic carbocycles. The summed E-state index contributed by atoms with van der Waals surface area (Å²) >= 11 is 0. The van der Waals surface area contributed by atoms with Gasteiger partial charge >= 0.3 is 0 Å². The van der Waals surface area contributed by atoms with Gasteiger partial charge in [0, 0.05) is 25.6 Å². The Bertz CT molecular complexity index is 435. The van der Waals surface area contributed by atoms with Crippen LogP contribution in [0, 0.1) is 12.8 Å². The average Bonchev–Trinajstić information content (AvgIpc) is 2.36. The van der Waals surface area contributed by atoms with E-state index in [-0.39, 0.29) is 6.10 Å². The van der Waals surface area contributed by atoms with Crippen LogP contribution in [0.15, 0.2) is 30.3 Å². The minimum absolute atomic E-state index is 0.167. The second-order valence-corrected chi connectivity index (χ2v) is 5.25. The van der Waals surface area contributed by atoms with Crippen LogP contribution in [0.25, 0.3) is 5.57 Å². The molecule has 0 radical (unpaired) electrons. The molecule has 1 fully saturated rings. The molecule has 1 unspecified atom stereocenters. The number of aliphatic hydroxyl groups is 1. The Hall–Kier alpha value is -1.12. The van der Waals surface area contributed by atoms with E-state index in [1.54, 1.807) is 0 Å². The molecule has 3 rings (SSSR count). The zero-order chi connectivity index (χ0) is 11.8. The van der Waals surface area contributed by atoms with Crippen molar-refractivity contribution in [3.05, 3.63) is 41.5 Å². The molecule has 3 atom stereocenters. The van der Waals surface area contributed by atoms with Crippen LogP contribution in [0.5, 0.6) is 0 Å². The maximum Gasteiger partial charge on any atom is 0.0633 e. The van der Waals surface area contributed by atoms with Gasteiger partial charge < -0.3 is 5.11 Å². The zero-order valence-electron chi connectivity index (χ0n) is 10.3. The second kappa shape index (κ2) is 4.28. The summed E-state index contributed by atoms with van der Waals surface area (Å²) in [5.74, 6) is 0.306. The Morgan fingerprint density at radius 3 is 2.76 bits per heavy atom. The number of nitrogens with zero attached hydrogens (tertiary/aromatic N) is 1. The van der Waals surface area contributed by atoms with Gasteiger partial charge in [-0.05, 0) is 24.5 Å². The van der Waals surface area contributed by atoms with Crippen molar-refractivity contribution in [2.75, 3.05) is 19.6 Å². The molecule has 0 amide bonds. The van der Waals surface area contributed by atoms with Crippen LogP contribution in [0.1, 0.15) is 17.5 Å². The molecule has 2 heteroatoms. The summed E-state index contributed by atoms with van der Waals surface area (Å²) in [6.07, 6.45) is 3.04. The number of aliphatic hydroxyl groups excluding tert-OH is 1. The van der Waals surface area contributed by atoms with Crippen LogP contribution < -0.4 is 0 Å². The monoisotopic (exact) mass is 229 g/mol. The fraction of sp³-hybridized carbons (Fsp3) is 0.467. The van der Waals surface area contributed by atoms with E-state index in [0.717, 1.165) is 26.1 Å². The quantitative estimate of drug-likeness (QED) is 0.797. The van der Waals surface area contributed by atoms with Gasteiger partial charge in [0.05, 0.1) is 6.10 Å². The lowest BCUT2D eigenvalue weighted by Crippen LogP contribution is -2.46. The van der Waals surface area contributed by atoms with E-state index in [0.29, 0.717) is 5.92 Å². The zero-order valence-corrected chi connectivity index (χ0v) is 10.3. The van der Waals surface area contributed by atoms with E-state index in [9.17, 15) is 5.11 Å². The van der Waals surface area contributed by atoms with Crippen molar-refractivity contribution in [2.24, 2.45) is 5.92 Å². The van der Waals surface area contributed by atoms with Crippen LogP contribution in [-0.2, 0) is 0 Å². The number of fused-ring (bicyclic) bond motifs is 2. The van der Waals surface area contributed by atoms with Crippen molar-refractivity contribution in [3.63, 3.8) is 0 Å². The lowest BCUT2D eigenvalue weighted by molar-refractivity contribution is 0.0509. The van der Waals surface area contributed by atoms with Gasteiger partial charge in [-0.15, -0.1) is 0 Å². The Balaban J connectivity index is 1.94. The van der Waals surface area contributed by atoms with E-state index in [1.807, 2.05) is 0 Å². The topological polar surface area (TPSA) is 23.5 Å². The van der Waals surface area contributed by atoms with Crippen molar-refractivity contribution in [1.82, 2.24) is 4.90 Å². The lowest BCUT2D eigenvalue weighted by atomic mass is 9.81. The Labute approximate surface area is 103 Å². The first-order chi connectivity index (χ1) is 8.24. The van der Waals surface area contributed by atoms with Gasteiger partial charge in [-0.2, -0.15) is 0 Å². The smallest absolute Gasteiger partial charge is 0.0633 e. The molecular weight excluding hydrogens is 210 g/mol. The Morgan fingerprint density at radius 1 is 1.24 bits per heavy atom. The molecule has 0 saturated carbocycles. The lowest BCUT2D eigenvalue weighted by Gasteiger charge is -2.40. The minimum Gasteiger partial charge on any atom is -0.392 e. The van der Waals surface area contributed by atoms with Gasteiger partial charge in [-0.1, -0.05) is 35.9 Å². The van der Waals surface area contributed by atoms with Crippen molar-refractivity contribution in [3.8, 4) is 0 Å². The summed E-state index contributed by atoms with van der Waals surface area (Å²) in [4.78, 5) is 2.43. The molecule has 1 saturated heterocycles. The second-order valence-electron chi connectivity index (χ2n) is 5.25. The number of piperidine rings is 1.